The molecule has 0 bridgehead atoms. The largest absolute Gasteiger partial charge is 0.529 e. The first kappa shape index (κ1) is 22.5. The second-order valence-corrected chi connectivity index (χ2v) is 8.91. The first-order valence-corrected chi connectivity index (χ1v) is 11.4. The Morgan fingerprint density at radius 2 is 2.10 bits per heavy atom. The van der Waals surface area contributed by atoms with E-state index in [0.717, 1.165) is 42.4 Å². The van der Waals surface area contributed by atoms with Crippen molar-refractivity contribution in [2.24, 2.45) is 11.8 Å². The zero-order chi connectivity index (χ0) is 21.6. The van der Waals surface area contributed by atoms with Crippen LogP contribution < -0.4 is 10.1 Å². The molecule has 3 rings (SSSR count). The highest BCUT2D eigenvalue weighted by molar-refractivity contribution is 7.48. The maximum atomic E-state index is 12.8. The lowest BCUT2D eigenvalue weighted by Crippen LogP contribution is -2.35. The fraction of sp³-hybridized carbons (Fsp3) is 0.409. The molecule has 2 aromatic rings. The van der Waals surface area contributed by atoms with Crippen molar-refractivity contribution in [2.75, 3.05) is 34.4 Å². The van der Waals surface area contributed by atoms with Crippen LogP contribution in [0.25, 0.3) is 16.7 Å². The molecule has 0 aliphatic carbocycles. The van der Waals surface area contributed by atoms with Gasteiger partial charge >= 0.3 is 7.82 Å². The molecule has 1 aromatic heterocycles. The minimum atomic E-state index is -3.74. The van der Waals surface area contributed by atoms with E-state index in [9.17, 15) is 4.57 Å². The van der Waals surface area contributed by atoms with Crippen LogP contribution in [0.15, 0.2) is 49.2 Å². The monoisotopic (exact) mass is 432 g/mol. The Morgan fingerprint density at radius 1 is 1.30 bits per heavy atom. The van der Waals surface area contributed by atoms with Crippen LogP contribution >= 0.6 is 7.82 Å². The second-order valence-electron chi connectivity index (χ2n) is 7.10. The van der Waals surface area contributed by atoms with E-state index < -0.39 is 7.82 Å². The van der Waals surface area contributed by atoms with Gasteiger partial charge in [-0.2, -0.15) is 0 Å². The molecule has 30 heavy (non-hydrogen) atoms. The van der Waals surface area contributed by atoms with E-state index in [1.54, 1.807) is 13.3 Å². The Morgan fingerprint density at radius 3 is 2.80 bits per heavy atom. The van der Waals surface area contributed by atoms with Gasteiger partial charge < -0.3 is 14.6 Å². The van der Waals surface area contributed by atoms with Gasteiger partial charge in [0.2, 0.25) is 0 Å². The van der Waals surface area contributed by atoms with Crippen molar-refractivity contribution in [1.29, 1.82) is 0 Å². The lowest BCUT2D eigenvalue weighted by molar-refractivity contribution is 0.200. The Kier molecular flexibility index (Phi) is 7.67. The molecule has 8 heteroatoms. The Labute approximate surface area is 177 Å². The number of piperidine rings is 1. The average Bonchev–Trinajstić information content (AvgIpc) is 2.81. The lowest BCUT2D eigenvalue weighted by atomic mass is 9.84. The van der Waals surface area contributed by atoms with Gasteiger partial charge in [0.05, 0.1) is 12.6 Å². The summed E-state index contributed by atoms with van der Waals surface area (Å²) in [6.07, 6.45) is 7.42. The molecular formula is C22H29N2O5P. The van der Waals surface area contributed by atoms with Crippen LogP contribution in [0.4, 0.5) is 0 Å². The third-order valence-electron chi connectivity index (χ3n) is 5.46. The van der Waals surface area contributed by atoms with Gasteiger partial charge in [-0.3, -0.25) is 14.0 Å². The minimum Gasteiger partial charge on any atom is -0.497 e. The normalized spacial score (nSPS) is 20.2. The molecule has 2 heterocycles. The zero-order valence-corrected chi connectivity index (χ0v) is 18.6. The third-order valence-corrected chi connectivity index (χ3v) is 6.77. The number of allylic oxidation sites excluding steroid dienone is 1. The number of ether oxygens (including phenoxy) is 1. The number of nitrogens with zero attached hydrogens (tertiary/aromatic N) is 1. The van der Waals surface area contributed by atoms with Gasteiger partial charge in [0, 0.05) is 37.9 Å². The van der Waals surface area contributed by atoms with Crippen molar-refractivity contribution in [3.63, 3.8) is 0 Å². The molecule has 0 spiro atoms. The molecule has 0 saturated carbocycles. The fourth-order valence-corrected chi connectivity index (χ4v) is 4.41. The molecule has 1 saturated heterocycles. The van der Waals surface area contributed by atoms with Crippen LogP contribution in [0, 0.1) is 11.8 Å². The number of rotatable bonds is 9. The van der Waals surface area contributed by atoms with Crippen LogP contribution in [0.3, 0.4) is 0 Å². The van der Waals surface area contributed by atoms with Gasteiger partial charge in [-0.25, -0.2) is 4.57 Å². The molecule has 2 atom stereocenters. The highest BCUT2D eigenvalue weighted by atomic mass is 31.2. The van der Waals surface area contributed by atoms with E-state index in [1.165, 1.54) is 14.2 Å². The number of methoxy groups -OCH3 is 1. The third kappa shape index (κ3) is 5.10. The second kappa shape index (κ2) is 10.2. The number of hydrogen-bond acceptors (Lipinski definition) is 7. The summed E-state index contributed by atoms with van der Waals surface area (Å²) in [6, 6.07) is 7.44. The molecule has 1 aliphatic heterocycles. The topological polar surface area (TPSA) is 78.9 Å². The predicted octanol–water partition coefficient (Wildman–Crippen LogP) is 4.80. The fourth-order valence-electron chi connectivity index (χ4n) is 3.70. The smallest absolute Gasteiger partial charge is 0.497 e. The van der Waals surface area contributed by atoms with Crippen molar-refractivity contribution in [2.45, 2.75) is 12.8 Å². The Hall–Kier alpha value is -2.18. The van der Waals surface area contributed by atoms with Crippen LogP contribution in [0.1, 0.15) is 18.4 Å². The first-order valence-electron chi connectivity index (χ1n) is 9.91. The summed E-state index contributed by atoms with van der Waals surface area (Å²) >= 11 is 0. The number of nitrogens with one attached hydrogen (secondary N) is 1. The maximum absolute atomic E-state index is 12.8. The highest BCUT2D eigenvalue weighted by Crippen LogP contribution is 2.52. The number of phosphoric ester groups is 1. The van der Waals surface area contributed by atoms with Gasteiger partial charge in [0.15, 0.2) is 0 Å². The standard InChI is InChI=1S/C22H29N2O5P/c1-5-16-15-23-12-10-17(16)6-9-22(29-30(25,27-3)28-4)19-11-13-24-21-8-7-18(26-2)14-20(19)21/h5,7-9,11,13-14,16-17,23H,1,6,10,12,15H2,2-4H3/b22-9-. The molecule has 0 amide bonds. The lowest BCUT2D eigenvalue weighted by Gasteiger charge is -2.29. The number of fused-ring (bicyclic) bond motifs is 1. The van der Waals surface area contributed by atoms with Crippen LogP contribution in [0.2, 0.25) is 0 Å². The van der Waals surface area contributed by atoms with Gasteiger partial charge in [-0.15, -0.1) is 6.58 Å². The van der Waals surface area contributed by atoms with Crippen molar-refractivity contribution < 1.29 is 22.9 Å². The van der Waals surface area contributed by atoms with Crippen molar-refractivity contribution in [1.82, 2.24) is 10.3 Å². The summed E-state index contributed by atoms with van der Waals surface area (Å²) in [5.41, 5.74) is 1.52. The predicted molar refractivity (Wildman–Crippen MR) is 118 cm³/mol. The summed E-state index contributed by atoms with van der Waals surface area (Å²) in [4.78, 5) is 4.42. The number of benzene rings is 1. The Bertz CT molecular complexity index is 954. The van der Waals surface area contributed by atoms with E-state index in [-0.39, 0.29) is 0 Å². The van der Waals surface area contributed by atoms with E-state index >= 15 is 0 Å². The molecule has 7 nitrogen and oxygen atoms in total. The summed E-state index contributed by atoms with van der Waals surface area (Å²) < 4.78 is 34.1. The summed E-state index contributed by atoms with van der Waals surface area (Å²) in [7, 11) is 0.472. The summed E-state index contributed by atoms with van der Waals surface area (Å²) in [6.45, 7) is 5.83. The zero-order valence-electron chi connectivity index (χ0n) is 17.7. The average molecular weight is 432 g/mol. The SMILES string of the molecule is C=CC1CNCCC1C/C=C(\OP(=O)(OC)OC)c1ccnc2ccc(OC)cc12. The molecule has 1 fully saturated rings. The van der Waals surface area contributed by atoms with Crippen LogP contribution in [-0.2, 0) is 18.1 Å². The van der Waals surface area contributed by atoms with Crippen molar-refractivity contribution in [3.05, 3.63) is 54.8 Å². The Balaban J connectivity index is 2.04. The maximum Gasteiger partial charge on any atom is 0.529 e. The van der Waals surface area contributed by atoms with E-state index in [2.05, 4.69) is 16.9 Å². The van der Waals surface area contributed by atoms with E-state index in [0.29, 0.717) is 23.3 Å². The van der Waals surface area contributed by atoms with Crippen molar-refractivity contribution >= 4 is 24.5 Å². The van der Waals surface area contributed by atoms with E-state index in [1.807, 2.05) is 36.4 Å². The molecule has 162 valence electrons. The van der Waals surface area contributed by atoms with Gasteiger partial charge in [-0.05, 0) is 61.6 Å². The summed E-state index contributed by atoms with van der Waals surface area (Å²) in [5.74, 6) is 1.91. The van der Waals surface area contributed by atoms with E-state index in [4.69, 9.17) is 18.3 Å². The minimum absolute atomic E-state index is 0.363. The highest BCUT2D eigenvalue weighted by Gasteiger charge is 2.28. The number of phosphoric acid groups is 1. The van der Waals surface area contributed by atoms with Crippen molar-refractivity contribution in [3.8, 4) is 5.75 Å². The molecule has 1 aliphatic rings. The van der Waals surface area contributed by atoms with Crippen LogP contribution in [0.5, 0.6) is 5.75 Å². The number of hydrogen-bond donors (Lipinski definition) is 1. The molecular weight excluding hydrogens is 403 g/mol. The van der Waals surface area contributed by atoms with Gasteiger partial charge in [-0.1, -0.05) is 6.08 Å². The van der Waals surface area contributed by atoms with Gasteiger partial charge in [0.25, 0.3) is 0 Å². The number of pyridine rings is 1. The van der Waals surface area contributed by atoms with Gasteiger partial charge in [0.1, 0.15) is 11.5 Å². The molecule has 2 unspecified atom stereocenters. The quantitative estimate of drug-likeness (QED) is 0.346. The molecule has 1 N–H and O–H groups in total. The molecule has 0 radical (unpaired) electrons. The number of aromatic nitrogens is 1. The van der Waals surface area contributed by atoms with Crippen LogP contribution in [-0.4, -0.2) is 39.4 Å². The molecule has 1 aromatic carbocycles. The summed E-state index contributed by atoms with van der Waals surface area (Å²) in [5, 5.41) is 4.22. The first-order chi connectivity index (χ1) is 14.5.